The molecule has 2 aromatic rings. The summed E-state index contributed by atoms with van der Waals surface area (Å²) in [6, 6.07) is 13.6. The first-order valence-electron chi connectivity index (χ1n) is 8.04. The number of carbonyl (C=O) groups is 1. The minimum absolute atomic E-state index is 0.000757. The summed E-state index contributed by atoms with van der Waals surface area (Å²) >= 11 is 0. The minimum Gasteiger partial charge on any atom is -0.497 e. The molecule has 1 aromatic carbocycles. The molecule has 4 heteroatoms. The second kappa shape index (κ2) is 6.82. The average Bonchev–Trinajstić information content (AvgIpc) is 3.45. The van der Waals surface area contributed by atoms with Crippen LogP contribution in [0.1, 0.15) is 35.8 Å². The number of pyridine rings is 1. The van der Waals surface area contributed by atoms with E-state index in [0.29, 0.717) is 18.2 Å². The van der Waals surface area contributed by atoms with Crippen molar-refractivity contribution in [3.05, 3.63) is 59.9 Å². The van der Waals surface area contributed by atoms with Crippen molar-refractivity contribution in [3.8, 4) is 5.75 Å². The Bertz CT molecular complexity index is 651. The van der Waals surface area contributed by atoms with E-state index in [9.17, 15) is 4.79 Å². The molecule has 1 saturated carbocycles. The lowest BCUT2D eigenvalue weighted by molar-refractivity contribution is 0.0648. The van der Waals surface area contributed by atoms with Crippen LogP contribution in [0.15, 0.2) is 48.7 Å². The highest BCUT2D eigenvalue weighted by Gasteiger charge is 2.34. The first-order valence-corrected chi connectivity index (χ1v) is 8.04. The van der Waals surface area contributed by atoms with Crippen molar-refractivity contribution in [1.82, 2.24) is 9.88 Å². The number of ether oxygens (including phenoxy) is 1. The van der Waals surface area contributed by atoms with E-state index in [2.05, 4.69) is 11.9 Å². The molecular formula is C19H22N2O2. The van der Waals surface area contributed by atoms with Gasteiger partial charge in [0.25, 0.3) is 5.91 Å². The zero-order valence-corrected chi connectivity index (χ0v) is 13.6. The Labute approximate surface area is 137 Å². The molecule has 1 heterocycles. The highest BCUT2D eigenvalue weighted by molar-refractivity contribution is 5.92. The van der Waals surface area contributed by atoms with E-state index >= 15 is 0 Å². The van der Waals surface area contributed by atoms with Crippen LogP contribution in [-0.2, 0) is 6.54 Å². The van der Waals surface area contributed by atoms with Gasteiger partial charge in [0.05, 0.1) is 7.11 Å². The van der Waals surface area contributed by atoms with Crippen molar-refractivity contribution in [2.24, 2.45) is 5.92 Å². The maximum atomic E-state index is 12.9. The summed E-state index contributed by atoms with van der Waals surface area (Å²) in [6.45, 7) is 2.74. The van der Waals surface area contributed by atoms with Crippen molar-refractivity contribution in [2.45, 2.75) is 32.4 Å². The fourth-order valence-electron chi connectivity index (χ4n) is 2.80. The smallest absolute Gasteiger partial charge is 0.272 e. The number of carbonyl (C=O) groups excluding carboxylic acids is 1. The van der Waals surface area contributed by atoms with Crippen molar-refractivity contribution in [3.63, 3.8) is 0 Å². The zero-order valence-electron chi connectivity index (χ0n) is 13.6. The van der Waals surface area contributed by atoms with Gasteiger partial charge in [-0.25, -0.2) is 0 Å². The predicted octanol–water partition coefficient (Wildman–Crippen LogP) is 3.53. The Morgan fingerprint density at radius 2 is 2.00 bits per heavy atom. The third-order valence-corrected chi connectivity index (χ3v) is 4.45. The normalized spacial score (nSPS) is 15.0. The molecule has 1 aliphatic carbocycles. The predicted molar refractivity (Wildman–Crippen MR) is 89.3 cm³/mol. The summed E-state index contributed by atoms with van der Waals surface area (Å²) in [4.78, 5) is 19.1. The molecule has 0 spiro atoms. The molecule has 4 nitrogen and oxygen atoms in total. The molecule has 1 fully saturated rings. The fraction of sp³-hybridized carbons (Fsp3) is 0.368. The molecule has 1 aromatic heterocycles. The number of rotatable bonds is 6. The molecule has 0 bridgehead atoms. The topological polar surface area (TPSA) is 42.4 Å². The summed E-state index contributed by atoms with van der Waals surface area (Å²) in [6.07, 6.45) is 4.08. The van der Waals surface area contributed by atoms with Gasteiger partial charge >= 0.3 is 0 Å². The number of nitrogens with zero attached hydrogens (tertiary/aromatic N) is 2. The molecule has 1 aliphatic rings. The molecule has 0 radical (unpaired) electrons. The monoisotopic (exact) mass is 310 g/mol. The van der Waals surface area contributed by atoms with E-state index in [1.54, 1.807) is 19.4 Å². The second-order valence-electron chi connectivity index (χ2n) is 6.07. The zero-order chi connectivity index (χ0) is 16.2. The van der Waals surface area contributed by atoms with Gasteiger partial charge in [0.15, 0.2) is 0 Å². The highest BCUT2D eigenvalue weighted by Crippen LogP contribution is 2.36. The van der Waals surface area contributed by atoms with Crippen molar-refractivity contribution in [1.29, 1.82) is 0 Å². The fourth-order valence-corrected chi connectivity index (χ4v) is 2.80. The lowest BCUT2D eigenvalue weighted by Gasteiger charge is -2.29. The molecule has 120 valence electrons. The van der Waals surface area contributed by atoms with Crippen LogP contribution in [0.4, 0.5) is 0 Å². The van der Waals surface area contributed by atoms with E-state index in [1.165, 1.54) is 12.8 Å². The molecular weight excluding hydrogens is 288 g/mol. The van der Waals surface area contributed by atoms with Gasteiger partial charge in [-0.15, -0.1) is 0 Å². The second-order valence-corrected chi connectivity index (χ2v) is 6.07. The highest BCUT2D eigenvalue weighted by atomic mass is 16.5. The van der Waals surface area contributed by atoms with Crippen LogP contribution >= 0.6 is 0 Å². The third-order valence-electron chi connectivity index (χ3n) is 4.45. The Balaban J connectivity index is 1.81. The summed E-state index contributed by atoms with van der Waals surface area (Å²) in [5.74, 6) is 1.44. The summed E-state index contributed by atoms with van der Waals surface area (Å²) in [5, 5.41) is 0. The number of aromatic nitrogens is 1. The molecule has 0 aliphatic heterocycles. The van der Waals surface area contributed by atoms with E-state index < -0.39 is 0 Å². The molecule has 1 atom stereocenters. The quantitative estimate of drug-likeness (QED) is 0.819. The molecule has 1 amide bonds. The summed E-state index contributed by atoms with van der Waals surface area (Å²) < 4.78 is 5.20. The van der Waals surface area contributed by atoms with Gasteiger partial charge in [-0.05, 0) is 55.5 Å². The number of hydrogen-bond acceptors (Lipinski definition) is 3. The van der Waals surface area contributed by atoms with Crippen molar-refractivity contribution >= 4 is 5.91 Å². The van der Waals surface area contributed by atoms with Crippen LogP contribution in [0.25, 0.3) is 0 Å². The lowest BCUT2D eigenvalue weighted by Crippen LogP contribution is -2.39. The van der Waals surface area contributed by atoms with Gasteiger partial charge in [0, 0.05) is 18.8 Å². The summed E-state index contributed by atoms with van der Waals surface area (Å²) in [7, 11) is 1.65. The largest absolute Gasteiger partial charge is 0.497 e. The third kappa shape index (κ3) is 3.70. The van der Waals surface area contributed by atoms with Gasteiger partial charge in [-0.3, -0.25) is 9.78 Å². The molecule has 0 N–H and O–H groups in total. The van der Waals surface area contributed by atoms with Crippen molar-refractivity contribution < 1.29 is 9.53 Å². The number of hydrogen-bond donors (Lipinski definition) is 0. The van der Waals surface area contributed by atoms with Crippen molar-refractivity contribution in [2.75, 3.05) is 7.11 Å². The number of methoxy groups -OCH3 is 1. The van der Waals surface area contributed by atoms with Crippen LogP contribution in [0.2, 0.25) is 0 Å². The first-order chi connectivity index (χ1) is 11.2. The Hall–Kier alpha value is -2.36. The molecule has 23 heavy (non-hydrogen) atoms. The Morgan fingerprint density at radius 3 is 2.57 bits per heavy atom. The van der Waals surface area contributed by atoms with Crippen LogP contribution in [0.5, 0.6) is 5.75 Å². The molecule has 0 saturated heterocycles. The van der Waals surface area contributed by atoms with Crippen LogP contribution < -0.4 is 4.74 Å². The van der Waals surface area contributed by atoms with Gasteiger partial charge in [0.2, 0.25) is 0 Å². The molecule has 3 rings (SSSR count). The van der Waals surface area contributed by atoms with Crippen LogP contribution in [0, 0.1) is 5.92 Å². The summed E-state index contributed by atoms with van der Waals surface area (Å²) in [5.41, 5.74) is 1.61. The Kier molecular flexibility index (Phi) is 4.60. The first kappa shape index (κ1) is 15.5. The minimum atomic E-state index is 0.000757. The maximum absolute atomic E-state index is 12.9. The maximum Gasteiger partial charge on any atom is 0.272 e. The lowest BCUT2D eigenvalue weighted by atomic mass is 10.1. The Morgan fingerprint density at radius 1 is 1.26 bits per heavy atom. The average molecular weight is 310 g/mol. The standard InChI is InChI=1S/C19H22N2O2/c1-14(16-8-9-16)21(19(22)18-5-3-4-12-20-18)13-15-6-10-17(23-2)11-7-15/h3-7,10-12,14,16H,8-9,13H2,1-2H3. The van der Waals surface area contributed by atoms with E-state index in [1.807, 2.05) is 41.3 Å². The SMILES string of the molecule is COc1ccc(CN(C(=O)c2ccccn2)C(C)C2CC2)cc1. The van der Waals surface area contributed by atoms with E-state index in [-0.39, 0.29) is 11.9 Å². The van der Waals surface area contributed by atoms with Gasteiger partial charge in [-0.2, -0.15) is 0 Å². The van der Waals surface area contributed by atoms with E-state index in [0.717, 1.165) is 11.3 Å². The molecule has 1 unspecified atom stereocenters. The number of benzene rings is 1. The van der Waals surface area contributed by atoms with Gasteiger partial charge in [0.1, 0.15) is 11.4 Å². The van der Waals surface area contributed by atoms with Crippen LogP contribution in [-0.4, -0.2) is 28.9 Å². The number of amides is 1. The van der Waals surface area contributed by atoms with Crippen LogP contribution in [0.3, 0.4) is 0 Å². The van der Waals surface area contributed by atoms with Gasteiger partial charge in [-0.1, -0.05) is 18.2 Å². The van der Waals surface area contributed by atoms with E-state index in [4.69, 9.17) is 4.74 Å². The van der Waals surface area contributed by atoms with Gasteiger partial charge < -0.3 is 9.64 Å².